The van der Waals surface area contributed by atoms with Gasteiger partial charge in [-0.2, -0.15) is 0 Å². The van der Waals surface area contributed by atoms with Gasteiger partial charge in [-0.05, 0) is 30.0 Å². The summed E-state index contributed by atoms with van der Waals surface area (Å²) in [6.45, 7) is 12.0. The quantitative estimate of drug-likeness (QED) is 0.451. The summed E-state index contributed by atoms with van der Waals surface area (Å²) in [7, 11) is 0. The van der Waals surface area contributed by atoms with E-state index in [0.717, 1.165) is 22.4 Å². The zero-order valence-corrected chi connectivity index (χ0v) is 24.1. The van der Waals surface area contributed by atoms with Crippen molar-refractivity contribution >= 4 is 23.4 Å². The average Bonchev–Trinajstić information content (AvgIpc) is 3.51. The molecule has 2 N–H and O–H groups in total. The van der Waals surface area contributed by atoms with Crippen LogP contribution in [0.15, 0.2) is 48.9 Å². The number of benzene rings is 1. The molecule has 1 aliphatic rings. The number of aliphatic hydroxyl groups excluding tert-OH is 1. The van der Waals surface area contributed by atoms with Gasteiger partial charge in [-0.1, -0.05) is 75.7 Å². The number of halogens is 1. The molecule has 4 rings (SSSR count). The van der Waals surface area contributed by atoms with Gasteiger partial charge in [-0.3, -0.25) is 14.6 Å². The Bertz CT molecular complexity index is 1320. The molecule has 0 aliphatic carbocycles. The fourth-order valence-electron chi connectivity index (χ4n) is 4.87. The second-order valence-electron chi connectivity index (χ2n) is 11.6. The van der Waals surface area contributed by atoms with Crippen molar-refractivity contribution in [2.75, 3.05) is 6.54 Å². The predicted molar refractivity (Wildman–Crippen MR) is 150 cm³/mol. The summed E-state index contributed by atoms with van der Waals surface area (Å²) in [6, 6.07) is 7.75. The summed E-state index contributed by atoms with van der Waals surface area (Å²) in [6.07, 6.45) is 4.56. The van der Waals surface area contributed by atoms with Crippen LogP contribution in [0, 0.1) is 5.92 Å². The number of likely N-dealkylation sites (tertiary alicyclic amines) is 1. The number of β-amino-alcohol motifs (C(OH)–C–C–N with tert-alkyl or cyclic N) is 1. The van der Waals surface area contributed by atoms with Gasteiger partial charge in [0.25, 0.3) is 0 Å². The first kappa shape index (κ1) is 28.7. The second kappa shape index (κ2) is 11.4. The molecule has 208 valence electrons. The Balaban J connectivity index is 1.49. The van der Waals surface area contributed by atoms with Crippen LogP contribution in [0.25, 0.3) is 11.1 Å². The minimum absolute atomic E-state index is 0.0932. The number of amides is 2. The molecule has 3 aromatic rings. The Morgan fingerprint density at radius 3 is 2.41 bits per heavy atom. The second-order valence-corrected chi connectivity index (χ2v) is 12.0. The largest absolute Gasteiger partial charge is 0.391 e. The number of nitrogens with one attached hydrogen (secondary N) is 1. The van der Waals surface area contributed by atoms with Crippen LogP contribution in [-0.4, -0.2) is 60.5 Å². The van der Waals surface area contributed by atoms with Crippen LogP contribution >= 0.6 is 11.6 Å². The van der Waals surface area contributed by atoms with E-state index in [1.54, 1.807) is 29.3 Å². The molecule has 0 radical (unpaired) electrons. The molecule has 1 fully saturated rings. The van der Waals surface area contributed by atoms with Crippen LogP contribution in [0.5, 0.6) is 0 Å². The van der Waals surface area contributed by atoms with E-state index in [1.165, 1.54) is 4.90 Å². The van der Waals surface area contributed by atoms with E-state index >= 15 is 0 Å². The van der Waals surface area contributed by atoms with E-state index < -0.39 is 18.2 Å². The summed E-state index contributed by atoms with van der Waals surface area (Å²) >= 11 is 6.30. The minimum Gasteiger partial charge on any atom is -0.391 e. The standard InChI is InChI=1S/C29H37ClN6O3/c1-17(2)26(36-16-25(33-34-36)29(4,5)6)28(39)35-15-21(37)13-24(35)27(38)32-18(3)19-7-9-20(10-8-19)22-14-31-12-11-23(22)30/h7-12,14,16-18,21,24,26,37H,13,15H2,1-6H3,(H,32,38)/t18-,21+,24-,26-/m0/s1. The van der Waals surface area contributed by atoms with E-state index in [-0.39, 0.29) is 42.2 Å². The molecular formula is C29H37ClN6O3. The number of pyridine rings is 1. The number of hydrogen-bond acceptors (Lipinski definition) is 6. The molecule has 2 aromatic heterocycles. The normalized spacial score (nSPS) is 19.3. The summed E-state index contributed by atoms with van der Waals surface area (Å²) < 4.78 is 1.59. The minimum atomic E-state index is -0.782. The highest BCUT2D eigenvalue weighted by Gasteiger charge is 2.43. The third-order valence-corrected chi connectivity index (χ3v) is 7.49. The average molecular weight is 553 g/mol. The Hall–Kier alpha value is -3.30. The molecule has 0 unspecified atom stereocenters. The first-order chi connectivity index (χ1) is 18.4. The Morgan fingerprint density at radius 2 is 1.82 bits per heavy atom. The van der Waals surface area contributed by atoms with Crippen LogP contribution in [0.4, 0.5) is 0 Å². The van der Waals surface area contributed by atoms with Crippen LogP contribution in [0.3, 0.4) is 0 Å². The van der Waals surface area contributed by atoms with Crippen molar-refractivity contribution in [1.29, 1.82) is 0 Å². The zero-order valence-electron chi connectivity index (χ0n) is 23.3. The fraction of sp³-hybridized carbons (Fsp3) is 0.483. The summed E-state index contributed by atoms with van der Waals surface area (Å²) in [4.78, 5) is 32.8. The van der Waals surface area contributed by atoms with Gasteiger partial charge >= 0.3 is 0 Å². The molecule has 1 saturated heterocycles. The number of nitrogens with zero attached hydrogens (tertiary/aromatic N) is 5. The van der Waals surface area contributed by atoms with Gasteiger partial charge in [0.15, 0.2) is 0 Å². The molecule has 1 aromatic carbocycles. The highest BCUT2D eigenvalue weighted by Crippen LogP contribution is 2.30. The van der Waals surface area contributed by atoms with Crippen LogP contribution in [0.1, 0.15) is 71.3 Å². The molecule has 0 bridgehead atoms. The van der Waals surface area contributed by atoms with Crippen molar-refractivity contribution in [3.05, 3.63) is 65.2 Å². The molecule has 9 nitrogen and oxygen atoms in total. The van der Waals surface area contributed by atoms with Crippen molar-refractivity contribution in [3.63, 3.8) is 0 Å². The maximum atomic E-state index is 13.8. The zero-order chi connectivity index (χ0) is 28.5. The summed E-state index contributed by atoms with van der Waals surface area (Å²) in [5, 5.41) is 22.6. The van der Waals surface area contributed by atoms with E-state index in [0.29, 0.717) is 5.02 Å². The van der Waals surface area contributed by atoms with Gasteiger partial charge in [0.05, 0.1) is 22.9 Å². The lowest BCUT2D eigenvalue weighted by Crippen LogP contribution is -2.49. The lowest BCUT2D eigenvalue weighted by atomic mass is 9.93. The molecule has 2 amide bonds. The molecule has 39 heavy (non-hydrogen) atoms. The number of aromatic nitrogens is 4. The molecular weight excluding hydrogens is 516 g/mol. The Morgan fingerprint density at radius 1 is 1.13 bits per heavy atom. The lowest BCUT2D eigenvalue weighted by molar-refractivity contribution is -0.142. The maximum Gasteiger partial charge on any atom is 0.248 e. The lowest BCUT2D eigenvalue weighted by Gasteiger charge is -2.30. The number of hydrogen-bond donors (Lipinski definition) is 2. The molecule has 0 saturated carbocycles. The SMILES string of the molecule is CC(C)[C@@H](C(=O)N1C[C@H](O)C[C@H]1C(=O)N[C@@H](C)c1ccc(-c2cnccc2Cl)cc1)n1cc(C(C)(C)C)nn1. The predicted octanol–water partition coefficient (Wildman–Crippen LogP) is 4.33. The first-order valence-corrected chi connectivity index (χ1v) is 13.7. The highest BCUT2D eigenvalue weighted by atomic mass is 35.5. The number of carbonyl (C=O) groups excluding carboxylic acids is 2. The number of aliphatic hydroxyl groups is 1. The van der Waals surface area contributed by atoms with E-state index in [2.05, 4.69) is 20.6 Å². The Kier molecular flexibility index (Phi) is 8.42. The Labute approximate surface area is 234 Å². The molecule has 0 spiro atoms. The van der Waals surface area contributed by atoms with E-state index in [1.807, 2.05) is 65.8 Å². The molecule has 10 heteroatoms. The van der Waals surface area contributed by atoms with Gasteiger partial charge in [-0.15, -0.1) is 5.10 Å². The number of carbonyl (C=O) groups is 2. The van der Waals surface area contributed by atoms with Gasteiger partial charge in [-0.25, -0.2) is 4.68 Å². The third kappa shape index (κ3) is 6.31. The molecule has 1 aliphatic heterocycles. The highest BCUT2D eigenvalue weighted by molar-refractivity contribution is 6.33. The number of rotatable bonds is 7. The van der Waals surface area contributed by atoms with Gasteiger partial charge in [0, 0.05) is 42.5 Å². The van der Waals surface area contributed by atoms with Gasteiger partial charge < -0.3 is 15.3 Å². The fourth-order valence-corrected chi connectivity index (χ4v) is 5.08. The van der Waals surface area contributed by atoms with Gasteiger partial charge in [0.1, 0.15) is 12.1 Å². The van der Waals surface area contributed by atoms with E-state index in [4.69, 9.17) is 11.6 Å². The first-order valence-electron chi connectivity index (χ1n) is 13.3. The van der Waals surface area contributed by atoms with Crippen molar-refractivity contribution in [1.82, 2.24) is 30.2 Å². The van der Waals surface area contributed by atoms with Crippen LogP contribution in [-0.2, 0) is 15.0 Å². The van der Waals surface area contributed by atoms with Crippen molar-refractivity contribution in [2.24, 2.45) is 5.92 Å². The molecule has 3 heterocycles. The van der Waals surface area contributed by atoms with Crippen molar-refractivity contribution < 1.29 is 14.7 Å². The molecule has 4 atom stereocenters. The summed E-state index contributed by atoms with van der Waals surface area (Å²) in [5.41, 5.74) is 3.23. The van der Waals surface area contributed by atoms with Crippen LogP contribution < -0.4 is 5.32 Å². The van der Waals surface area contributed by atoms with Crippen molar-refractivity contribution in [3.8, 4) is 11.1 Å². The van der Waals surface area contributed by atoms with Gasteiger partial charge in [0.2, 0.25) is 11.8 Å². The smallest absolute Gasteiger partial charge is 0.248 e. The maximum absolute atomic E-state index is 13.8. The third-order valence-electron chi connectivity index (χ3n) is 7.16. The monoisotopic (exact) mass is 552 g/mol. The van der Waals surface area contributed by atoms with Crippen molar-refractivity contribution in [2.45, 2.75) is 77.6 Å². The topological polar surface area (TPSA) is 113 Å². The van der Waals surface area contributed by atoms with Crippen LogP contribution in [0.2, 0.25) is 5.02 Å². The van der Waals surface area contributed by atoms with E-state index in [9.17, 15) is 14.7 Å². The summed E-state index contributed by atoms with van der Waals surface area (Å²) in [5.74, 6) is -0.653.